The minimum atomic E-state index is 0.171. The first-order valence-electron chi connectivity index (χ1n) is 5.62. The fraction of sp³-hybridized carbons (Fsp3) is 0.455. The lowest BCUT2D eigenvalue weighted by Crippen LogP contribution is -2.20. The molecule has 0 spiro atoms. The summed E-state index contributed by atoms with van der Waals surface area (Å²) in [5.41, 5.74) is 0.801. The lowest BCUT2D eigenvalue weighted by atomic mass is 10.2. The Balaban J connectivity index is 2.18. The smallest absolute Gasteiger partial charge is 0.243 e. The van der Waals surface area contributed by atoms with Crippen LogP contribution in [0, 0.1) is 0 Å². The maximum atomic E-state index is 8.93. The summed E-state index contributed by atoms with van der Waals surface area (Å²) >= 11 is 3.39. The van der Waals surface area contributed by atoms with Crippen molar-refractivity contribution in [1.29, 1.82) is 0 Å². The Kier molecular flexibility index (Phi) is 3.96. The Hall–Kier alpha value is -1.14. The molecule has 0 radical (unpaired) electrons. The van der Waals surface area contributed by atoms with Crippen LogP contribution in [-0.2, 0) is 0 Å². The van der Waals surface area contributed by atoms with E-state index in [1.807, 2.05) is 18.3 Å². The predicted molar refractivity (Wildman–Crippen MR) is 70.1 cm³/mol. The van der Waals surface area contributed by atoms with Crippen LogP contribution >= 0.6 is 15.9 Å². The van der Waals surface area contributed by atoms with E-state index in [0.717, 1.165) is 16.5 Å². The first kappa shape index (κ1) is 12.3. The monoisotopic (exact) mass is 298 g/mol. The number of hydrogen-bond donors (Lipinski definition) is 2. The van der Waals surface area contributed by atoms with E-state index < -0.39 is 0 Å². The van der Waals surface area contributed by atoms with Crippen molar-refractivity contribution in [2.24, 2.45) is 0 Å². The summed E-state index contributed by atoms with van der Waals surface area (Å²) < 4.78 is 2.68. The molecule has 0 aliphatic carbocycles. The number of nitrogens with zero attached hydrogens (tertiary/aromatic N) is 3. The normalized spacial score (nSPS) is 12.9. The molecule has 0 aromatic carbocycles. The third kappa shape index (κ3) is 2.95. The third-order valence-electron chi connectivity index (χ3n) is 2.60. The van der Waals surface area contributed by atoms with E-state index in [0.29, 0.717) is 12.4 Å². The summed E-state index contributed by atoms with van der Waals surface area (Å²) in [4.78, 5) is 4.36. The number of halogens is 1. The molecule has 6 heteroatoms. The zero-order chi connectivity index (χ0) is 12.3. The molecule has 1 unspecified atom stereocenters. The highest BCUT2D eigenvalue weighted by Gasteiger charge is 2.09. The molecule has 5 nitrogen and oxygen atoms in total. The summed E-state index contributed by atoms with van der Waals surface area (Å²) in [7, 11) is 0. The minimum Gasteiger partial charge on any atom is -0.396 e. The van der Waals surface area contributed by atoms with Crippen LogP contribution in [-0.4, -0.2) is 32.4 Å². The molecule has 0 saturated carbocycles. The van der Waals surface area contributed by atoms with E-state index in [2.05, 4.69) is 38.3 Å². The van der Waals surface area contributed by atoms with Gasteiger partial charge in [0.1, 0.15) is 0 Å². The van der Waals surface area contributed by atoms with Crippen molar-refractivity contribution >= 4 is 27.5 Å². The van der Waals surface area contributed by atoms with Gasteiger partial charge in [-0.25, -0.2) is 4.52 Å². The molecule has 0 fully saturated rings. The number of nitrogens with one attached hydrogen (secondary N) is 1. The molecular weight excluding hydrogens is 284 g/mol. The second-order valence-corrected chi connectivity index (χ2v) is 4.76. The van der Waals surface area contributed by atoms with E-state index in [4.69, 9.17) is 5.11 Å². The number of fused-ring (bicyclic) bond motifs is 1. The molecule has 0 saturated heterocycles. The number of hydrogen-bond acceptors (Lipinski definition) is 4. The average Bonchev–Trinajstić information content (AvgIpc) is 2.69. The van der Waals surface area contributed by atoms with Gasteiger partial charge >= 0.3 is 0 Å². The Labute approximate surface area is 108 Å². The van der Waals surface area contributed by atoms with Crippen LogP contribution in [0.25, 0.3) is 5.65 Å². The van der Waals surface area contributed by atoms with Crippen molar-refractivity contribution in [2.45, 2.75) is 25.8 Å². The van der Waals surface area contributed by atoms with Crippen molar-refractivity contribution in [3.8, 4) is 0 Å². The van der Waals surface area contributed by atoms with Crippen molar-refractivity contribution in [3.63, 3.8) is 0 Å². The average molecular weight is 299 g/mol. The highest BCUT2D eigenvalue weighted by atomic mass is 79.9. The second kappa shape index (κ2) is 5.46. The van der Waals surface area contributed by atoms with Crippen LogP contribution in [0.5, 0.6) is 0 Å². The van der Waals surface area contributed by atoms with Gasteiger partial charge in [-0.2, -0.15) is 4.98 Å². The first-order valence-corrected chi connectivity index (χ1v) is 6.41. The van der Waals surface area contributed by atoms with Gasteiger partial charge in [0.15, 0.2) is 5.65 Å². The van der Waals surface area contributed by atoms with Crippen LogP contribution in [0.4, 0.5) is 5.95 Å². The van der Waals surface area contributed by atoms with Gasteiger partial charge in [-0.3, -0.25) is 0 Å². The quantitative estimate of drug-likeness (QED) is 0.887. The van der Waals surface area contributed by atoms with Crippen LogP contribution in [0.15, 0.2) is 22.8 Å². The molecule has 92 valence electrons. The van der Waals surface area contributed by atoms with Gasteiger partial charge < -0.3 is 10.4 Å². The van der Waals surface area contributed by atoms with Crippen LogP contribution in [0.2, 0.25) is 0 Å². The Morgan fingerprint density at radius 1 is 1.53 bits per heavy atom. The molecule has 2 heterocycles. The molecule has 2 N–H and O–H groups in total. The standard InChI is InChI=1S/C11H15BrN4O/c1-2-9(5-6-17)13-11-14-10-4-3-8(12)7-16(10)15-11/h3-4,7,9,17H,2,5-6H2,1H3,(H,13,15). The maximum absolute atomic E-state index is 8.93. The van der Waals surface area contributed by atoms with E-state index in [1.165, 1.54) is 0 Å². The largest absolute Gasteiger partial charge is 0.396 e. The Bertz CT molecular complexity index is 499. The highest BCUT2D eigenvalue weighted by Crippen LogP contribution is 2.13. The second-order valence-electron chi connectivity index (χ2n) is 3.85. The van der Waals surface area contributed by atoms with E-state index in [-0.39, 0.29) is 12.6 Å². The molecular formula is C11H15BrN4O. The zero-order valence-corrected chi connectivity index (χ0v) is 11.2. The fourth-order valence-corrected chi connectivity index (χ4v) is 1.96. The lowest BCUT2D eigenvalue weighted by molar-refractivity contribution is 0.278. The summed E-state index contributed by atoms with van der Waals surface area (Å²) in [6.07, 6.45) is 3.50. The molecule has 0 bridgehead atoms. The van der Waals surface area contributed by atoms with Gasteiger partial charge in [0.2, 0.25) is 5.95 Å². The molecule has 17 heavy (non-hydrogen) atoms. The number of pyridine rings is 1. The van der Waals surface area contributed by atoms with Gasteiger partial charge in [0.25, 0.3) is 0 Å². The molecule has 2 aromatic heterocycles. The van der Waals surface area contributed by atoms with Gasteiger partial charge in [-0.1, -0.05) is 6.92 Å². The molecule has 1 atom stereocenters. The summed E-state index contributed by atoms with van der Waals surface area (Å²) in [5, 5.41) is 16.5. The zero-order valence-electron chi connectivity index (χ0n) is 9.60. The van der Waals surface area contributed by atoms with Gasteiger partial charge in [-0.05, 0) is 40.9 Å². The maximum Gasteiger partial charge on any atom is 0.243 e. The van der Waals surface area contributed by atoms with E-state index in [9.17, 15) is 0 Å². The Morgan fingerprint density at radius 3 is 3.06 bits per heavy atom. The Morgan fingerprint density at radius 2 is 2.35 bits per heavy atom. The number of anilines is 1. The molecule has 0 aliphatic heterocycles. The van der Waals surface area contributed by atoms with Crippen molar-refractivity contribution in [3.05, 3.63) is 22.8 Å². The predicted octanol–water partition coefficient (Wildman–Crippen LogP) is 2.06. The molecule has 0 amide bonds. The van der Waals surface area contributed by atoms with Crippen LogP contribution in [0.1, 0.15) is 19.8 Å². The number of aromatic nitrogens is 3. The summed E-state index contributed by atoms with van der Waals surface area (Å²) in [5.74, 6) is 0.600. The third-order valence-corrected chi connectivity index (χ3v) is 3.07. The lowest BCUT2D eigenvalue weighted by Gasteiger charge is -2.13. The molecule has 2 rings (SSSR count). The molecule has 2 aromatic rings. The van der Waals surface area contributed by atoms with Crippen molar-refractivity contribution in [1.82, 2.24) is 14.6 Å². The minimum absolute atomic E-state index is 0.171. The first-order chi connectivity index (χ1) is 8.22. The number of rotatable bonds is 5. The van der Waals surface area contributed by atoms with E-state index in [1.54, 1.807) is 4.52 Å². The topological polar surface area (TPSA) is 62.5 Å². The van der Waals surface area contributed by atoms with Gasteiger partial charge in [0.05, 0.1) is 0 Å². The van der Waals surface area contributed by atoms with Crippen molar-refractivity contribution < 1.29 is 5.11 Å². The van der Waals surface area contributed by atoms with Gasteiger partial charge in [0, 0.05) is 23.3 Å². The van der Waals surface area contributed by atoms with Gasteiger partial charge in [-0.15, -0.1) is 5.10 Å². The highest BCUT2D eigenvalue weighted by molar-refractivity contribution is 9.10. The number of aliphatic hydroxyl groups is 1. The number of aliphatic hydroxyl groups excluding tert-OH is 1. The van der Waals surface area contributed by atoms with Crippen LogP contribution in [0.3, 0.4) is 0 Å². The SMILES string of the molecule is CCC(CCO)Nc1nc2ccc(Br)cn2n1. The molecule has 0 aliphatic rings. The fourth-order valence-electron chi connectivity index (χ4n) is 1.64. The summed E-state index contributed by atoms with van der Waals surface area (Å²) in [6, 6.07) is 4.04. The van der Waals surface area contributed by atoms with Crippen LogP contribution < -0.4 is 5.32 Å². The van der Waals surface area contributed by atoms with E-state index >= 15 is 0 Å². The summed E-state index contributed by atoms with van der Waals surface area (Å²) in [6.45, 7) is 2.24. The van der Waals surface area contributed by atoms with Crippen molar-refractivity contribution in [2.75, 3.05) is 11.9 Å².